The quantitative estimate of drug-likeness (QED) is 0.675. The molecule has 0 unspecified atom stereocenters. The lowest BCUT2D eigenvalue weighted by Gasteiger charge is -2.33. The summed E-state index contributed by atoms with van der Waals surface area (Å²) in [5.74, 6) is 0. The van der Waals surface area contributed by atoms with Crippen LogP contribution >= 0.6 is 0 Å². The fourth-order valence-corrected chi connectivity index (χ4v) is 3.77. The van der Waals surface area contributed by atoms with Gasteiger partial charge in [0, 0.05) is 37.4 Å². The summed E-state index contributed by atoms with van der Waals surface area (Å²) < 4.78 is 2.50. The van der Waals surface area contributed by atoms with Crippen LogP contribution in [0, 0.1) is 6.92 Å². The Morgan fingerprint density at radius 1 is 0.957 bits per heavy atom. The number of piperidine rings is 1. The molecule has 0 saturated carbocycles. The van der Waals surface area contributed by atoms with Crippen molar-refractivity contribution >= 4 is 10.9 Å². The van der Waals surface area contributed by atoms with Gasteiger partial charge in [0.25, 0.3) is 0 Å². The summed E-state index contributed by atoms with van der Waals surface area (Å²) in [6, 6.07) is 20.5. The van der Waals surface area contributed by atoms with Crippen molar-refractivity contribution in [3.8, 4) is 0 Å². The van der Waals surface area contributed by atoms with Gasteiger partial charge >= 0.3 is 0 Å². The molecule has 0 radical (unpaired) electrons. The Morgan fingerprint density at radius 3 is 2.52 bits per heavy atom. The number of hydrogen-bond acceptors (Lipinski definition) is 1. The highest BCUT2D eigenvalue weighted by atomic mass is 15.1. The molecule has 0 amide bonds. The van der Waals surface area contributed by atoms with Crippen molar-refractivity contribution in [2.75, 3.05) is 13.1 Å². The predicted octanol–water partition coefficient (Wildman–Crippen LogP) is 4.79. The minimum absolute atomic E-state index is 0.640. The van der Waals surface area contributed by atoms with Crippen LogP contribution in [0.2, 0.25) is 0 Å². The summed E-state index contributed by atoms with van der Waals surface area (Å²) in [5.41, 5.74) is 4.17. The van der Waals surface area contributed by atoms with Crippen molar-refractivity contribution in [3.05, 3.63) is 71.9 Å². The zero-order chi connectivity index (χ0) is 15.6. The van der Waals surface area contributed by atoms with Gasteiger partial charge in [-0.25, -0.2) is 0 Å². The molecular weight excluding hydrogens is 280 g/mol. The van der Waals surface area contributed by atoms with Crippen molar-refractivity contribution in [2.45, 2.75) is 32.4 Å². The highest BCUT2D eigenvalue weighted by molar-refractivity contribution is 5.80. The third kappa shape index (κ3) is 3.04. The van der Waals surface area contributed by atoms with E-state index >= 15 is 0 Å². The van der Waals surface area contributed by atoms with E-state index in [-0.39, 0.29) is 0 Å². The number of aromatic nitrogens is 1. The standard InChI is InChI=1S/C21H24N2/c1-17-7-8-19-9-14-23(21(19)15-17)20-10-12-22(13-11-20)16-18-5-3-2-4-6-18/h2-9,14-15,20H,10-13,16H2,1H3. The first-order valence-corrected chi connectivity index (χ1v) is 8.63. The maximum Gasteiger partial charge on any atom is 0.0485 e. The van der Waals surface area contributed by atoms with Gasteiger partial charge < -0.3 is 4.57 Å². The second-order valence-corrected chi connectivity index (χ2v) is 6.78. The molecule has 1 aliphatic heterocycles. The Balaban J connectivity index is 1.45. The average Bonchev–Trinajstić information content (AvgIpc) is 2.99. The van der Waals surface area contributed by atoms with Gasteiger partial charge in [0.15, 0.2) is 0 Å². The molecule has 118 valence electrons. The minimum Gasteiger partial charge on any atom is -0.344 e. The lowest BCUT2D eigenvalue weighted by atomic mass is 10.0. The topological polar surface area (TPSA) is 8.17 Å². The normalized spacial score (nSPS) is 16.9. The molecule has 2 aromatic carbocycles. The molecule has 2 nitrogen and oxygen atoms in total. The SMILES string of the molecule is Cc1ccc2ccn(C3CCN(Cc4ccccc4)CC3)c2c1. The van der Waals surface area contributed by atoms with Gasteiger partial charge in [-0.3, -0.25) is 4.90 Å². The van der Waals surface area contributed by atoms with E-state index in [0.29, 0.717) is 6.04 Å². The highest BCUT2D eigenvalue weighted by Crippen LogP contribution is 2.28. The average molecular weight is 304 g/mol. The molecule has 0 aliphatic carbocycles. The second-order valence-electron chi connectivity index (χ2n) is 6.78. The number of fused-ring (bicyclic) bond motifs is 1. The molecule has 1 saturated heterocycles. The van der Waals surface area contributed by atoms with Crippen molar-refractivity contribution in [1.29, 1.82) is 0 Å². The molecule has 1 aliphatic rings. The summed E-state index contributed by atoms with van der Waals surface area (Å²) >= 11 is 0. The number of hydrogen-bond donors (Lipinski definition) is 0. The van der Waals surface area contributed by atoms with Crippen LogP contribution in [0.4, 0.5) is 0 Å². The zero-order valence-corrected chi connectivity index (χ0v) is 13.8. The molecule has 1 fully saturated rings. The van der Waals surface area contributed by atoms with Gasteiger partial charge in [-0.2, -0.15) is 0 Å². The Bertz CT molecular complexity index is 780. The van der Waals surface area contributed by atoms with Gasteiger partial charge in [0.1, 0.15) is 0 Å². The van der Waals surface area contributed by atoms with Crippen LogP contribution in [0.1, 0.15) is 30.0 Å². The number of likely N-dealkylation sites (tertiary alicyclic amines) is 1. The van der Waals surface area contributed by atoms with Crippen LogP contribution in [0.5, 0.6) is 0 Å². The van der Waals surface area contributed by atoms with E-state index in [4.69, 9.17) is 0 Å². The minimum atomic E-state index is 0.640. The third-order valence-corrected chi connectivity index (χ3v) is 5.08. The molecule has 2 heteroatoms. The van der Waals surface area contributed by atoms with E-state index in [1.807, 2.05) is 0 Å². The Kier molecular flexibility index (Phi) is 3.92. The van der Waals surface area contributed by atoms with E-state index in [1.165, 1.54) is 48.0 Å². The lowest BCUT2D eigenvalue weighted by Crippen LogP contribution is -2.34. The van der Waals surface area contributed by atoms with Crippen LogP contribution in [0.15, 0.2) is 60.8 Å². The number of benzene rings is 2. The largest absolute Gasteiger partial charge is 0.344 e. The van der Waals surface area contributed by atoms with E-state index < -0.39 is 0 Å². The Morgan fingerprint density at radius 2 is 1.74 bits per heavy atom. The molecule has 0 spiro atoms. The third-order valence-electron chi connectivity index (χ3n) is 5.08. The number of rotatable bonds is 3. The van der Waals surface area contributed by atoms with E-state index in [9.17, 15) is 0 Å². The summed E-state index contributed by atoms with van der Waals surface area (Å²) in [4.78, 5) is 2.59. The Labute approximate surface area is 138 Å². The molecule has 2 heterocycles. The van der Waals surface area contributed by atoms with Crippen LogP contribution in [-0.4, -0.2) is 22.6 Å². The highest BCUT2D eigenvalue weighted by Gasteiger charge is 2.21. The summed E-state index contributed by atoms with van der Waals surface area (Å²) in [6.07, 6.45) is 4.76. The predicted molar refractivity (Wildman–Crippen MR) is 96.7 cm³/mol. The van der Waals surface area contributed by atoms with Crippen molar-refractivity contribution < 1.29 is 0 Å². The Hall–Kier alpha value is -2.06. The molecular formula is C21H24N2. The first-order valence-electron chi connectivity index (χ1n) is 8.63. The van der Waals surface area contributed by atoms with Gasteiger partial charge in [-0.05, 0) is 48.4 Å². The van der Waals surface area contributed by atoms with Crippen LogP contribution in [0.25, 0.3) is 10.9 Å². The van der Waals surface area contributed by atoms with Crippen LogP contribution in [-0.2, 0) is 6.54 Å². The molecule has 4 rings (SSSR count). The maximum absolute atomic E-state index is 2.59. The molecule has 0 bridgehead atoms. The lowest BCUT2D eigenvalue weighted by molar-refractivity contribution is 0.181. The van der Waals surface area contributed by atoms with Crippen LogP contribution in [0.3, 0.4) is 0 Å². The smallest absolute Gasteiger partial charge is 0.0485 e. The van der Waals surface area contributed by atoms with E-state index in [0.717, 1.165) is 6.54 Å². The van der Waals surface area contributed by atoms with Crippen molar-refractivity contribution in [2.24, 2.45) is 0 Å². The maximum atomic E-state index is 2.59. The second kappa shape index (κ2) is 6.21. The van der Waals surface area contributed by atoms with Crippen LogP contribution < -0.4 is 0 Å². The van der Waals surface area contributed by atoms with Gasteiger partial charge in [0.2, 0.25) is 0 Å². The number of nitrogens with zero attached hydrogens (tertiary/aromatic N) is 2. The molecule has 0 N–H and O–H groups in total. The van der Waals surface area contributed by atoms with E-state index in [1.54, 1.807) is 0 Å². The fourth-order valence-electron chi connectivity index (χ4n) is 3.77. The summed E-state index contributed by atoms with van der Waals surface area (Å²) in [6.45, 7) is 5.63. The molecule has 3 aromatic rings. The first kappa shape index (κ1) is 14.5. The number of aryl methyl sites for hydroxylation is 1. The zero-order valence-electron chi connectivity index (χ0n) is 13.8. The molecule has 1 aromatic heterocycles. The van der Waals surface area contributed by atoms with Gasteiger partial charge in [-0.15, -0.1) is 0 Å². The first-order chi connectivity index (χ1) is 11.3. The fraction of sp³-hybridized carbons (Fsp3) is 0.333. The van der Waals surface area contributed by atoms with E-state index in [2.05, 4.69) is 77.2 Å². The van der Waals surface area contributed by atoms with Crippen molar-refractivity contribution in [1.82, 2.24) is 9.47 Å². The summed E-state index contributed by atoms with van der Waals surface area (Å²) in [7, 11) is 0. The summed E-state index contributed by atoms with van der Waals surface area (Å²) in [5, 5.41) is 1.36. The monoisotopic (exact) mass is 304 g/mol. The molecule has 23 heavy (non-hydrogen) atoms. The van der Waals surface area contributed by atoms with Gasteiger partial charge in [-0.1, -0.05) is 42.5 Å². The van der Waals surface area contributed by atoms with Gasteiger partial charge in [0.05, 0.1) is 0 Å². The molecule has 0 atom stereocenters. The van der Waals surface area contributed by atoms with Crippen molar-refractivity contribution in [3.63, 3.8) is 0 Å².